The number of rotatable bonds is 5. The Morgan fingerprint density at radius 3 is 2.54 bits per heavy atom. The van der Waals surface area contributed by atoms with E-state index in [0.29, 0.717) is 16.4 Å². The van der Waals surface area contributed by atoms with Gasteiger partial charge in [0.15, 0.2) is 10.9 Å². The molecular formula is C17H14N4O4S. The van der Waals surface area contributed by atoms with Gasteiger partial charge in [0.05, 0.1) is 18.4 Å². The second-order valence-electron chi connectivity index (χ2n) is 5.12. The van der Waals surface area contributed by atoms with Gasteiger partial charge in [-0.2, -0.15) is 0 Å². The standard InChI is InChI=1S/C17H14N4O4S/c22-14(20-21-15(23)11-5-2-1-3-6-11)9-12-10-26-17(18-12)19-16(24)13-7-4-8-25-13/h1-8,10H,9H2,(H,20,22)(H,21,23)(H,18,19,24). The Kier molecular flexibility index (Phi) is 5.40. The van der Waals surface area contributed by atoms with Gasteiger partial charge in [0.2, 0.25) is 5.91 Å². The largest absolute Gasteiger partial charge is 0.459 e. The summed E-state index contributed by atoms with van der Waals surface area (Å²) in [5, 5.41) is 4.58. The van der Waals surface area contributed by atoms with Crippen molar-refractivity contribution in [2.75, 3.05) is 5.32 Å². The smallest absolute Gasteiger partial charge is 0.293 e. The fraction of sp³-hybridized carbons (Fsp3) is 0.0588. The monoisotopic (exact) mass is 370 g/mol. The quantitative estimate of drug-likeness (QED) is 0.595. The summed E-state index contributed by atoms with van der Waals surface area (Å²) in [5.41, 5.74) is 5.56. The van der Waals surface area contributed by atoms with E-state index in [-0.39, 0.29) is 12.2 Å². The number of thiazole rings is 1. The van der Waals surface area contributed by atoms with E-state index in [1.54, 1.807) is 41.8 Å². The van der Waals surface area contributed by atoms with Crippen LogP contribution in [0.15, 0.2) is 58.5 Å². The molecule has 0 aliphatic carbocycles. The molecule has 0 saturated carbocycles. The van der Waals surface area contributed by atoms with Gasteiger partial charge in [0.1, 0.15) is 0 Å². The van der Waals surface area contributed by atoms with Crippen LogP contribution in [0.3, 0.4) is 0 Å². The van der Waals surface area contributed by atoms with Crippen LogP contribution in [0.25, 0.3) is 0 Å². The van der Waals surface area contributed by atoms with Crippen LogP contribution in [0.2, 0.25) is 0 Å². The van der Waals surface area contributed by atoms with Crippen LogP contribution in [0.1, 0.15) is 26.6 Å². The molecule has 9 heteroatoms. The third-order valence-electron chi connectivity index (χ3n) is 3.21. The zero-order valence-electron chi connectivity index (χ0n) is 13.4. The molecule has 0 bridgehead atoms. The Balaban J connectivity index is 1.48. The van der Waals surface area contributed by atoms with E-state index in [0.717, 1.165) is 0 Å². The van der Waals surface area contributed by atoms with E-state index >= 15 is 0 Å². The molecule has 2 heterocycles. The van der Waals surface area contributed by atoms with Crippen molar-refractivity contribution in [3.05, 3.63) is 71.1 Å². The van der Waals surface area contributed by atoms with Crippen molar-refractivity contribution < 1.29 is 18.8 Å². The van der Waals surface area contributed by atoms with Crippen molar-refractivity contribution in [3.8, 4) is 0 Å². The summed E-state index contributed by atoms with van der Waals surface area (Å²) in [5.74, 6) is -1.09. The molecule has 3 amide bonds. The highest BCUT2D eigenvalue weighted by Crippen LogP contribution is 2.17. The maximum Gasteiger partial charge on any atom is 0.293 e. The normalized spacial score (nSPS) is 10.2. The van der Waals surface area contributed by atoms with Gasteiger partial charge >= 0.3 is 0 Å². The molecule has 0 aliphatic rings. The minimum Gasteiger partial charge on any atom is -0.459 e. The Hall–Kier alpha value is -3.46. The van der Waals surface area contributed by atoms with Gasteiger partial charge < -0.3 is 4.42 Å². The van der Waals surface area contributed by atoms with Crippen LogP contribution in [-0.4, -0.2) is 22.7 Å². The van der Waals surface area contributed by atoms with Gasteiger partial charge in [-0.1, -0.05) is 18.2 Å². The summed E-state index contributed by atoms with van der Waals surface area (Å²) in [6, 6.07) is 11.7. The van der Waals surface area contributed by atoms with E-state index in [9.17, 15) is 14.4 Å². The molecule has 3 aromatic rings. The molecule has 132 valence electrons. The number of anilines is 1. The third-order valence-corrected chi connectivity index (χ3v) is 4.02. The van der Waals surface area contributed by atoms with Crippen LogP contribution < -0.4 is 16.2 Å². The van der Waals surface area contributed by atoms with Gasteiger partial charge in [0.25, 0.3) is 11.8 Å². The minimum atomic E-state index is -0.427. The summed E-state index contributed by atoms with van der Waals surface area (Å²) in [7, 11) is 0. The summed E-state index contributed by atoms with van der Waals surface area (Å²) in [6.07, 6.45) is 1.36. The summed E-state index contributed by atoms with van der Waals surface area (Å²) < 4.78 is 4.99. The van der Waals surface area contributed by atoms with Gasteiger partial charge in [-0.25, -0.2) is 4.98 Å². The molecule has 0 spiro atoms. The van der Waals surface area contributed by atoms with Crippen LogP contribution in [0.4, 0.5) is 5.13 Å². The van der Waals surface area contributed by atoms with E-state index in [1.807, 2.05) is 0 Å². The fourth-order valence-corrected chi connectivity index (χ4v) is 2.71. The van der Waals surface area contributed by atoms with Crippen LogP contribution in [0.5, 0.6) is 0 Å². The van der Waals surface area contributed by atoms with Crippen molar-refractivity contribution in [1.82, 2.24) is 15.8 Å². The average Bonchev–Trinajstić information content (AvgIpc) is 3.32. The van der Waals surface area contributed by atoms with Crippen LogP contribution in [0, 0.1) is 0 Å². The number of nitrogens with one attached hydrogen (secondary N) is 3. The Bertz CT molecular complexity index is 906. The molecule has 26 heavy (non-hydrogen) atoms. The number of aromatic nitrogens is 1. The predicted molar refractivity (Wildman–Crippen MR) is 94.5 cm³/mol. The minimum absolute atomic E-state index is 0.0395. The van der Waals surface area contributed by atoms with E-state index in [2.05, 4.69) is 21.2 Å². The van der Waals surface area contributed by atoms with Gasteiger partial charge in [-0.15, -0.1) is 11.3 Å². The lowest BCUT2D eigenvalue weighted by molar-refractivity contribution is -0.121. The lowest BCUT2D eigenvalue weighted by Gasteiger charge is -2.06. The van der Waals surface area contributed by atoms with Crippen molar-refractivity contribution in [1.29, 1.82) is 0 Å². The van der Waals surface area contributed by atoms with Crippen LogP contribution in [-0.2, 0) is 11.2 Å². The molecule has 0 aliphatic heterocycles. The van der Waals surface area contributed by atoms with Gasteiger partial charge in [0, 0.05) is 10.9 Å². The Morgan fingerprint density at radius 1 is 1.00 bits per heavy atom. The first-order chi connectivity index (χ1) is 12.6. The summed E-state index contributed by atoms with van der Waals surface area (Å²) >= 11 is 1.19. The lowest BCUT2D eigenvalue weighted by atomic mass is 10.2. The number of amides is 3. The maximum absolute atomic E-state index is 11.9. The molecule has 0 atom stereocenters. The molecule has 0 radical (unpaired) electrons. The van der Waals surface area contributed by atoms with Crippen molar-refractivity contribution in [3.63, 3.8) is 0 Å². The molecule has 3 N–H and O–H groups in total. The summed E-state index contributed by atoms with van der Waals surface area (Å²) in [6.45, 7) is 0. The Morgan fingerprint density at radius 2 is 1.81 bits per heavy atom. The second-order valence-corrected chi connectivity index (χ2v) is 5.98. The van der Waals surface area contributed by atoms with Crippen LogP contribution >= 0.6 is 11.3 Å². The van der Waals surface area contributed by atoms with E-state index < -0.39 is 17.7 Å². The van der Waals surface area contributed by atoms with Crippen molar-refractivity contribution in [2.45, 2.75) is 6.42 Å². The number of carbonyl (C=O) groups excluding carboxylic acids is 3. The molecule has 1 aromatic carbocycles. The van der Waals surface area contributed by atoms with E-state index in [4.69, 9.17) is 4.42 Å². The second kappa shape index (κ2) is 8.08. The number of benzene rings is 1. The zero-order chi connectivity index (χ0) is 18.4. The number of hydrogen-bond acceptors (Lipinski definition) is 6. The molecule has 3 rings (SSSR count). The molecule has 0 unspecified atom stereocenters. The predicted octanol–water partition coefficient (Wildman–Crippen LogP) is 1.99. The first kappa shape index (κ1) is 17.4. The van der Waals surface area contributed by atoms with E-state index in [1.165, 1.54) is 23.7 Å². The highest BCUT2D eigenvalue weighted by atomic mass is 32.1. The first-order valence-electron chi connectivity index (χ1n) is 7.55. The highest BCUT2D eigenvalue weighted by Gasteiger charge is 2.13. The summed E-state index contributed by atoms with van der Waals surface area (Å²) in [4.78, 5) is 39.8. The average molecular weight is 370 g/mol. The lowest BCUT2D eigenvalue weighted by Crippen LogP contribution is -2.42. The van der Waals surface area contributed by atoms with Gasteiger partial charge in [-0.05, 0) is 24.3 Å². The Labute approximate surface area is 152 Å². The number of hydrogen-bond donors (Lipinski definition) is 3. The maximum atomic E-state index is 11.9. The first-order valence-corrected chi connectivity index (χ1v) is 8.43. The number of carbonyl (C=O) groups is 3. The molecule has 0 saturated heterocycles. The number of furan rings is 1. The molecule has 0 fully saturated rings. The number of nitrogens with zero attached hydrogens (tertiary/aromatic N) is 1. The molecular weight excluding hydrogens is 356 g/mol. The fourth-order valence-electron chi connectivity index (χ4n) is 2.01. The third kappa shape index (κ3) is 4.54. The SMILES string of the molecule is O=C(Cc1csc(NC(=O)c2ccco2)n1)NNC(=O)c1ccccc1. The van der Waals surface area contributed by atoms with Crippen molar-refractivity contribution >= 4 is 34.2 Å². The molecule has 2 aromatic heterocycles. The van der Waals surface area contributed by atoms with Gasteiger partial charge in [-0.3, -0.25) is 30.6 Å². The zero-order valence-corrected chi connectivity index (χ0v) is 14.2. The number of hydrazine groups is 1. The van der Waals surface area contributed by atoms with Crippen molar-refractivity contribution in [2.24, 2.45) is 0 Å². The topological polar surface area (TPSA) is 113 Å². The molecule has 8 nitrogen and oxygen atoms in total. The highest BCUT2D eigenvalue weighted by molar-refractivity contribution is 7.14.